The van der Waals surface area contributed by atoms with E-state index >= 15 is 0 Å². The first-order chi connectivity index (χ1) is 7.12. The van der Waals surface area contributed by atoms with E-state index in [-0.39, 0.29) is 0 Å². The summed E-state index contributed by atoms with van der Waals surface area (Å²) in [4.78, 5) is 4.91. The number of hydrogen-bond acceptors (Lipinski definition) is 3. The highest BCUT2D eigenvalue weighted by Gasteiger charge is 2.29. The van der Waals surface area contributed by atoms with Gasteiger partial charge in [0.15, 0.2) is 0 Å². The number of aliphatic hydroxyl groups is 1. The summed E-state index contributed by atoms with van der Waals surface area (Å²) >= 11 is 4.78. The first-order valence-electron chi connectivity index (χ1n) is 4.49. The van der Waals surface area contributed by atoms with E-state index in [1.54, 1.807) is 12.4 Å². The topological polar surface area (TPSA) is 33.1 Å². The van der Waals surface area contributed by atoms with Crippen molar-refractivity contribution in [2.24, 2.45) is 0 Å². The average molecular weight is 284 g/mol. The Labute approximate surface area is 101 Å². The Kier molecular flexibility index (Phi) is 2.91. The maximum absolute atomic E-state index is 10.5. The fraction of sp³-hybridized carbons (Fsp3) is 0.182. The molecule has 15 heavy (non-hydrogen) atoms. The summed E-state index contributed by atoms with van der Waals surface area (Å²) in [7, 11) is 0. The fourth-order valence-electron chi connectivity index (χ4n) is 1.44. The van der Waals surface area contributed by atoms with E-state index in [0.29, 0.717) is 4.60 Å². The number of thiazole rings is 1. The summed E-state index contributed by atoms with van der Waals surface area (Å²) in [6, 6.07) is 9.58. The standard InChI is InChI=1S/C11H10BrNOS/c1-11(14,8-5-3-2-4-6-8)9-10(12)13-7-15-9/h2-7,14H,1H3. The van der Waals surface area contributed by atoms with Crippen LogP contribution in [0.5, 0.6) is 0 Å². The number of benzene rings is 1. The Hall–Kier alpha value is -0.710. The van der Waals surface area contributed by atoms with E-state index < -0.39 is 5.60 Å². The molecule has 0 aliphatic heterocycles. The third-order valence-corrected chi connectivity index (χ3v) is 4.20. The zero-order valence-corrected chi connectivity index (χ0v) is 10.5. The molecule has 2 nitrogen and oxygen atoms in total. The molecule has 1 aromatic carbocycles. The smallest absolute Gasteiger partial charge is 0.124 e. The van der Waals surface area contributed by atoms with Gasteiger partial charge in [-0.3, -0.25) is 0 Å². The summed E-state index contributed by atoms with van der Waals surface area (Å²) in [6.07, 6.45) is 0. The molecule has 0 radical (unpaired) electrons. The minimum atomic E-state index is -0.985. The van der Waals surface area contributed by atoms with Gasteiger partial charge in [-0.25, -0.2) is 4.98 Å². The summed E-state index contributed by atoms with van der Waals surface area (Å²) in [6.45, 7) is 1.78. The molecular formula is C11H10BrNOS. The van der Waals surface area contributed by atoms with Gasteiger partial charge in [0.25, 0.3) is 0 Å². The lowest BCUT2D eigenvalue weighted by molar-refractivity contribution is 0.105. The van der Waals surface area contributed by atoms with Gasteiger partial charge in [-0.05, 0) is 28.4 Å². The average Bonchev–Trinajstić information content (AvgIpc) is 2.66. The molecule has 2 aromatic rings. The molecule has 78 valence electrons. The summed E-state index contributed by atoms with van der Waals surface area (Å²) in [5.74, 6) is 0. The quantitative estimate of drug-likeness (QED) is 0.919. The van der Waals surface area contributed by atoms with Crippen LogP contribution >= 0.6 is 27.3 Å². The van der Waals surface area contributed by atoms with Gasteiger partial charge < -0.3 is 5.11 Å². The van der Waals surface area contributed by atoms with Crippen molar-refractivity contribution in [1.82, 2.24) is 4.98 Å². The molecule has 0 saturated heterocycles. The second-order valence-corrected chi connectivity index (χ2v) is 5.02. The van der Waals surface area contributed by atoms with Crippen LogP contribution in [0, 0.1) is 0 Å². The lowest BCUT2D eigenvalue weighted by Crippen LogP contribution is -2.21. The maximum atomic E-state index is 10.5. The van der Waals surface area contributed by atoms with Crippen molar-refractivity contribution in [3.63, 3.8) is 0 Å². The molecule has 0 spiro atoms. The van der Waals surface area contributed by atoms with Crippen molar-refractivity contribution < 1.29 is 5.11 Å². The Morgan fingerprint density at radius 2 is 2.00 bits per heavy atom. The molecule has 1 N–H and O–H groups in total. The van der Waals surface area contributed by atoms with E-state index in [0.717, 1.165) is 10.4 Å². The van der Waals surface area contributed by atoms with Crippen molar-refractivity contribution in [3.05, 3.63) is 50.9 Å². The predicted molar refractivity (Wildman–Crippen MR) is 64.9 cm³/mol. The molecule has 1 heterocycles. The lowest BCUT2D eigenvalue weighted by Gasteiger charge is -2.22. The molecule has 1 unspecified atom stereocenters. The SMILES string of the molecule is CC(O)(c1ccccc1)c1scnc1Br. The molecule has 0 aliphatic rings. The van der Waals surface area contributed by atoms with Crippen LogP contribution in [0.25, 0.3) is 0 Å². The summed E-state index contributed by atoms with van der Waals surface area (Å²) in [5.41, 5.74) is 1.60. The van der Waals surface area contributed by atoms with E-state index in [4.69, 9.17) is 0 Å². The van der Waals surface area contributed by atoms with E-state index in [1.807, 2.05) is 30.3 Å². The number of halogens is 1. The molecule has 0 bridgehead atoms. The minimum Gasteiger partial charge on any atom is -0.380 e. The molecular weight excluding hydrogens is 274 g/mol. The van der Waals surface area contributed by atoms with Gasteiger partial charge in [0.05, 0.1) is 10.4 Å². The van der Waals surface area contributed by atoms with Crippen LogP contribution in [-0.4, -0.2) is 10.1 Å². The molecule has 0 saturated carbocycles. The van der Waals surface area contributed by atoms with Crippen LogP contribution in [0.1, 0.15) is 17.4 Å². The van der Waals surface area contributed by atoms with Crippen molar-refractivity contribution >= 4 is 27.3 Å². The van der Waals surface area contributed by atoms with Crippen LogP contribution in [-0.2, 0) is 5.60 Å². The number of aromatic nitrogens is 1. The Bertz CT molecular complexity index is 453. The van der Waals surface area contributed by atoms with Crippen LogP contribution in [0.15, 0.2) is 40.4 Å². The highest BCUT2D eigenvalue weighted by atomic mass is 79.9. The highest BCUT2D eigenvalue weighted by Crippen LogP contribution is 2.36. The molecule has 4 heteroatoms. The van der Waals surface area contributed by atoms with Crippen LogP contribution in [0.2, 0.25) is 0 Å². The zero-order valence-electron chi connectivity index (χ0n) is 8.14. The van der Waals surface area contributed by atoms with Gasteiger partial charge in [-0.1, -0.05) is 30.3 Å². The third kappa shape index (κ3) is 1.97. The lowest BCUT2D eigenvalue weighted by atomic mass is 9.95. The fourth-order valence-corrected chi connectivity index (χ4v) is 3.11. The maximum Gasteiger partial charge on any atom is 0.124 e. The second-order valence-electron chi connectivity index (χ2n) is 3.41. The number of hydrogen-bond donors (Lipinski definition) is 1. The minimum absolute atomic E-state index is 0.710. The molecule has 0 aliphatic carbocycles. The number of nitrogens with zero attached hydrogens (tertiary/aromatic N) is 1. The van der Waals surface area contributed by atoms with E-state index in [2.05, 4.69) is 20.9 Å². The molecule has 0 fully saturated rings. The van der Waals surface area contributed by atoms with Crippen LogP contribution in [0.4, 0.5) is 0 Å². The molecule has 1 aromatic heterocycles. The molecule has 1 atom stereocenters. The monoisotopic (exact) mass is 283 g/mol. The van der Waals surface area contributed by atoms with Gasteiger partial charge in [0, 0.05) is 0 Å². The zero-order chi connectivity index (χ0) is 10.9. The predicted octanol–water partition coefficient (Wildman–Crippen LogP) is 3.16. The Balaban J connectivity index is 2.48. The normalized spacial score (nSPS) is 14.9. The van der Waals surface area contributed by atoms with E-state index in [1.165, 1.54) is 11.3 Å². The Morgan fingerprint density at radius 3 is 2.53 bits per heavy atom. The van der Waals surface area contributed by atoms with Gasteiger partial charge in [0.1, 0.15) is 10.2 Å². The van der Waals surface area contributed by atoms with Gasteiger partial charge in [-0.2, -0.15) is 0 Å². The third-order valence-electron chi connectivity index (χ3n) is 2.30. The van der Waals surface area contributed by atoms with Gasteiger partial charge >= 0.3 is 0 Å². The number of rotatable bonds is 2. The highest BCUT2D eigenvalue weighted by molar-refractivity contribution is 9.10. The summed E-state index contributed by atoms with van der Waals surface area (Å²) in [5, 5.41) is 10.5. The summed E-state index contributed by atoms with van der Waals surface area (Å²) < 4.78 is 0.710. The second kappa shape index (κ2) is 4.04. The van der Waals surface area contributed by atoms with Crippen molar-refractivity contribution in [3.8, 4) is 0 Å². The van der Waals surface area contributed by atoms with Crippen LogP contribution < -0.4 is 0 Å². The largest absolute Gasteiger partial charge is 0.380 e. The molecule has 0 amide bonds. The molecule has 2 rings (SSSR count). The van der Waals surface area contributed by atoms with Crippen molar-refractivity contribution in [2.45, 2.75) is 12.5 Å². The van der Waals surface area contributed by atoms with Crippen LogP contribution in [0.3, 0.4) is 0 Å². The van der Waals surface area contributed by atoms with Crippen molar-refractivity contribution in [1.29, 1.82) is 0 Å². The van der Waals surface area contributed by atoms with Crippen molar-refractivity contribution in [2.75, 3.05) is 0 Å². The van der Waals surface area contributed by atoms with E-state index in [9.17, 15) is 5.11 Å². The first kappa shape index (κ1) is 10.8. The van der Waals surface area contributed by atoms with Gasteiger partial charge in [0.2, 0.25) is 0 Å². The first-order valence-corrected chi connectivity index (χ1v) is 6.17. The van der Waals surface area contributed by atoms with Gasteiger partial charge in [-0.15, -0.1) is 11.3 Å². The Morgan fingerprint density at radius 1 is 1.33 bits per heavy atom.